The van der Waals surface area contributed by atoms with Gasteiger partial charge in [-0.2, -0.15) is 0 Å². The molecule has 1 unspecified atom stereocenters. The van der Waals surface area contributed by atoms with Crippen LogP contribution in [0.2, 0.25) is 0 Å². The first-order valence-corrected chi connectivity index (χ1v) is 10.4. The van der Waals surface area contributed by atoms with Crippen molar-refractivity contribution in [2.75, 3.05) is 20.2 Å². The van der Waals surface area contributed by atoms with E-state index in [0.29, 0.717) is 0 Å². The summed E-state index contributed by atoms with van der Waals surface area (Å²) in [4.78, 5) is 37.7. The van der Waals surface area contributed by atoms with Gasteiger partial charge in [-0.15, -0.1) is 0 Å². The smallest absolute Gasteiger partial charge is 0.408 e. The van der Waals surface area contributed by atoms with Crippen molar-refractivity contribution in [3.8, 4) is 11.1 Å². The van der Waals surface area contributed by atoms with Gasteiger partial charge in [0.2, 0.25) is 5.91 Å². The number of fused-ring (bicyclic) bond motifs is 3. The van der Waals surface area contributed by atoms with Crippen molar-refractivity contribution in [2.24, 2.45) is 5.92 Å². The van der Waals surface area contributed by atoms with Gasteiger partial charge in [-0.3, -0.25) is 9.59 Å². The highest BCUT2D eigenvalue weighted by atomic mass is 16.5. The molecule has 7 heteroatoms. The zero-order valence-electron chi connectivity index (χ0n) is 17.6. The first kappa shape index (κ1) is 20.9. The molecule has 0 saturated heterocycles. The van der Waals surface area contributed by atoms with Crippen LogP contribution >= 0.6 is 0 Å². The molecule has 2 amide bonds. The van der Waals surface area contributed by atoms with E-state index in [4.69, 9.17) is 9.84 Å². The second-order valence-corrected chi connectivity index (χ2v) is 8.48. The number of carbonyl (C=O) groups is 3. The van der Waals surface area contributed by atoms with Crippen LogP contribution in [-0.2, 0) is 14.3 Å². The van der Waals surface area contributed by atoms with E-state index in [0.717, 1.165) is 40.0 Å². The maximum absolute atomic E-state index is 12.9. The molecule has 2 aliphatic carbocycles. The second-order valence-electron chi connectivity index (χ2n) is 8.48. The lowest BCUT2D eigenvalue weighted by molar-refractivity contribution is -0.146. The minimum atomic E-state index is -1.19. The molecule has 1 atom stereocenters. The number of nitrogens with one attached hydrogen (secondary N) is 1. The molecular formula is C24H26N2O5. The molecule has 0 aliphatic heterocycles. The zero-order valence-corrected chi connectivity index (χ0v) is 17.6. The summed E-state index contributed by atoms with van der Waals surface area (Å²) in [7, 11) is 1.43. The summed E-state index contributed by atoms with van der Waals surface area (Å²) in [5.41, 5.74) is 3.31. The van der Waals surface area contributed by atoms with Crippen LogP contribution in [-0.4, -0.2) is 53.7 Å². The molecule has 0 spiro atoms. The van der Waals surface area contributed by atoms with Crippen LogP contribution in [0.5, 0.6) is 0 Å². The van der Waals surface area contributed by atoms with Gasteiger partial charge in [0, 0.05) is 13.0 Å². The number of ether oxygens (including phenoxy) is 1. The van der Waals surface area contributed by atoms with Crippen LogP contribution in [0.3, 0.4) is 0 Å². The number of hydrogen-bond acceptors (Lipinski definition) is 4. The van der Waals surface area contributed by atoms with E-state index in [-0.39, 0.29) is 18.4 Å². The molecule has 162 valence electrons. The van der Waals surface area contributed by atoms with Crippen molar-refractivity contribution in [1.82, 2.24) is 10.2 Å². The number of benzene rings is 2. The topological polar surface area (TPSA) is 95.9 Å². The second kappa shape index (κ2) is 8.06. The maximum atomic E-state index is 12.9. The molecule has 4 rings (SSSR count). The highest BCUT2D eigenvalue weighted by Gasteiger charge is 2.50. The third kappa shape index (κ3) is 4.00. The third-order valence-corrected chi connectivity index (χ3v) is 6.26. The molecule has 1 fully saturated rings. The van der Waals surface area contributed by atoms with Crippen molar-refractivity contribution < 1.29 is 24.2 Å². The monoisotopic (exact) mass is 422 g/mol. The molecule has 2 aromatic rings. The lowest BCUT2D eigenvalue weighted by Gasteiger charge is -2.33. The lowest BCUT2D eigenvalue weighted by Crippen LogP contribution is -2.59. The SMILES string of the molecule is CN(CC(=O)O)C(=O)C(C)(NC(=O)OCC1c2ccccc2-c2ccccc21)C1CC1. The van der Waals surface area contributed by atoms with E-state index < -0.39 is 30.1 Å². The number of likely N-dealkylation sites (N-methyl/N-ethyl adjacent to an activating group) is 1. The number of hydrogen-bond donors (Lipinski definition) is 2. The van der Waals surface area contributed by atoms with Crippen LogP contribution < -0.4 is 5.32 Å². The number of aliphatic carboxylic acids is 1. The Kier molecular flexibility index (Phi) is 5.43. The van der Waals surface area contributed by atoms with Gasteiger partial charge >= 0.3 is 12.1 Å². The number of carboxylic acids is 1. The number of alkyl carbamates (subject to hydrolysis) is 1. The van der Waals surface area contributed by atoms with E-state index in [2.05, 4.69) is 17.4 Å². The van der Waals surface area contributed by atoms with Crippen molar-refractivity contribution in [3.63, 3.8) is 0 Å². The number of rotatable bonds is 7. The molecule has 0 radical (unpaired) electrons. The largest absolute Gasteiger partial charge is 0.480 e. The molecule has 1 saturated carbocycles. The van der Waals surface area contributed by atoms with Crippen LogP contribution in [0.1, 0.15) is 36.8 Å². The Balaban J connectivity index is 1.46. The van der Waals surface area contributed by atoms with Crippen LogP contribution in [0.4, 0.5) is 4.79 Å². The Hall–Kier alpha value is -3.35. The Bertz CT molecular complexity index is 987. The van der Waals surface area contributed by atoms with Gasteiger partial charge < -0.3 is 20.1 Å². The Morgan fingerprint density at radius 3 is 2.13 bits per heavy atom. The van der Waals surface area contributed by atoms with Gasteiger partial charge in [0.25, 0.3) is 0 Å². The normalized spacial score (nSPS) is 16.6. The van der Waals surface area contributed by atoms with E-state index in [9.17, 15) is 14.4 Å². The quantitative estimate of drug-likeness (QED) is 0.714. The molecule has 0 aromatic heterocycles. The fourth-order valence-corrected chi connectivity index (χ4v) is 4.51. The van der Waals surface area contributed by atoms with E-state index in [1.165, 1.54) is 7.05 Å². The van der Waals surface area contributed by atoms with Gasteiger partial charge in [-0.25, -0.2) is 4.79 Å². The fourth-order valence-electron chi connectivity index (χ4n) is 4.51. The van der Waals surface area contributed by atoms with Gasteiger partial charge in [0.05, 0.1) is 0 Å². The van der Waals surface area contributed by atoms with Crippen molar-refractivity contribution in [2.45, 2.75) is 31.2 Å². The average molecular weight is 422 g/mol. The molecule has 2 aromatic carbocycles. The third-order valence-electron chi connectivity index (χ3n) is 6.26. The zero-order chi connectivity index (χ0) is 22.2. The molecule has 0 bridgehead atoms. The van der Waals surface area contributed by atoms with Gasteiger partial charge in [0.15, 0.2) is 0 Å². The number of carboxylic acid groups (broad SMARTS) is 1. The Morgan fingerprint density at radius 1 is 1.06 bits per heavy atom. The van der Waals surface area contributed by atoms with Crippen molar-refractivity contribution in [1.29, 1.82) is 0 Å². The average Bonchev–Trinajstić information content (AvgIpc) is 3.55. The molecule has 7 nitrogen and oxygen atoms in total. The molecule has 2 N–H and O–H groups in total. The summed E-state index contributed by atoms with van der Waals surface area (Å²) >= 11 is 0. The maximum Gasteiger partial charge on any atom is 0.408 e. The number of amides is 2. The van der Waals surface area contributed by atoms with E-state index in [1.807, 2.05) is 36.4 Å². The summed E-state index contributed by atoms with van der Waals surface area (Å²) in [6, 6.07) is 16.1. The molecule has 0 heterocycles. The van der Waals surface area contributed by atoms with Crippen LogP contribution in [0.25, 0.3) is 11.1 Å². The number of carbonyl (C=O) groups excluding carboxylic acids is 2. The van der Waals surface area contributed by atoms with Gasteiger partial charge in [-0.05, 0) is 47.9 Å². The van der Waals surface area contributed by atoms with Gasteiger partial charge in [0.1, 0.15) is 18.7 Å². The number of nitrogens with zero attached hydrogens (tertiary/aromatic N) is 1. The Morgan fingerprint density at radius 2 is 1.61 bits per heavy atom. The van der Waals surface area contributed by atoms with E-state index >= 15 is 0 Å². The van der Waals surface area contributed by atoms with Crippen molar-refractivity contribution >= 4 is 18.0 Å². The van der Waals surface area contributed by atoms with Crippen LogP contribution in [0, 0.1) is 5.92 Å². The standard InChI is InChI=1S/C24H26N2O5/c1-24(15-11-12-15,22(29)26(2)13-21(27)28)25-23(30)31-14-20-18-9-5-3-7-16(18)17-8-4-6-10-19(17)20/h3-10,15,20H,11-14H2,1-2H3,(H,25,30)(H,27,28). The predicted molar refractivity (Wildman–Crippen MR) is 115 cm³/mol. The minimum Gasteiger partial charge on any atom is -0.480 e. The summed E-state index contributed by atoms with van der Waals surface area (Å²) in [5.74, 6) is -1.63. The molecule has 2 aliphatic rings. The first-order valence-electron chi connectivity index (χ1n) is 10.4. The first-order chi connectivity index (χ1) is 14.8. The molecular weight excluding hydrogens is 396 g/mol. The highest BCUT2D eigenvalue weighted by Crippen LogP contribution is 2.44. The highest BCUT2D eigenvalue weighted by molar-refractivity contribution is 5.92. The van der Waals surface area contributed by atoms with Crippen LogP contribution in [0.15, 0.2) is 48.5 Å². The minimum absolute atomic E-state index is 0.0308. The summed E-state index contributed by atoms with van der Waals surface area (Å²) in [5, 5.41) is 11.7. The predicted octanol–water partition coefficient (Wildman–Crippen LogP) is 3.24. The lowest BCUT2D eigenvalue weighted by atomic mass is 9.94. The van der Waals surface area contributed by atoms with Gasteiger partial charge in [-0.1, -0.05) is 48.5 Å². The summed E-state index contributed by atoms with van der Waals surface area (Å²) < 4.78 is 5.59. The summed E-state index contributed by atoms with van der Waals surface area (Å²) in [6.45, 7) is 1.38. The van der Waals surface area contributed by atoms with Crippen molar-refractivity contribution in [3.05, 3.63) is 59.7 Å². The molecule has 31 heavy (non-hydrogen) atoms. The fraction of sp³-hybridized carbons (Fsp3) is 0.375. The van der Waals surface area contributed by atoms with E-state index in [1.54, 1.807) is 6.92 Å². The Labute approximate surface area is 181 Å². The summed E-state index contributed by atoms with van der Waals surface area (Å²) in [6.07, 6.45) is 0.924.